The Bertz CT molecular complexity index is 174. The highest BCUT2D eigenvalue weighted by Gasteiger charge is 2.45. The first kappa shape index (κ1) is 11.8. The molecule has 0 aromatic heterocycles. The van der Waals surface area contributed by atoms with Gasteiger partial charge in [0, 0.05) is 0 Å². The quantitative estimate of drug-likeness (QED) is 0.695. The Morgan fingerprint density at radius 3 is 2.14 bits per heavy atom. The number of piperidine rings is 1. The van der Waals surface area contributed by atoms with Crippen molar-refractivity contribution in [2.75, 3.05) is 13.1 Å². The minimum atomic E-state index is -4.70. The molecule has 1 aliphatic heterocycles. The average molecular weight is 213 g/mol. The standard InChI is InChI=1S/C9H15F4N/c1-6(8(10)9(11,12)13)7-2-4-14-5-3-7/h6-8,14H,2-5H2,1H3. The summed E-state index contributed by atoms with van der Waals surface area (Å²) in [4.78, 5) is 0. The van der Waals surface area contributed by atoms with E-state index in [1.54, 1.807) is 0 Å². The van der Waals surface area contributed by atoms with E-state index in [-0.39, 0.29) is 5.92 Å². The number of hydrogen-bond acceptors (Lipinski definition) is 1. The predicted octanol–water partition coefficient (Wildman–Crippen LogP) is 2.52. The van der Waals surface area contributed by atoms with Gasteiger partial charge in [0.05, 0.1) is 0 Å². The molecule has 1 saturated heterocycles. The monoisotopic (exact) mass is 213 g/mol. The Balaban J connectivity index is 2.50. The molecule has 0 amide bonds. The molecule has 0 bridgehead atoms. The van der Waals surface area contributed by atoms with E-state index in [1.165, 1.54) is 6.92 Å². The van der Waals surface area contributed by atoms with Crippen LogP contribution in [0.4, 0.5) is 17.6 Å². The minimum absolute atomic E-state index is 0.145. The van der Waals surface area contributed by atoms with E-state index >= 15 is 0 Å². The normalized spacial score (nSPS) is 24.6. The maximum atomic E-state index is 12.9. The van der Waals surface area contributed by atoms with E-state index < -0.39 is 18.3 Å². The fourth-order valence-electron chi connectivity index (χ4n) is 1.91. The number of hydrogen-bond donors (Lipinski definition) is 1. The van der Waals surface area contributed by atoms with Crippen molar-refractivity contribution in [3.8, 4) is 0 Å². The van der Waals surface area contributed by atoms with Gasteiger partial charge in [-0.3, -0.25) is 0 Å². The topological polar surface area (TPSA) is 12.0 Å². The molecule has 2 unspecified atom stereocenters. The van der Waals surface area contributed by atoms with Gasteiger partial charge in [-0.05, 0) is 37.8 Å². The Kier molecular flexibility index (Phi) is 3.75. The summed E-state index contributed by atoms with van der Waals surface area (Å²) in [7, 11) is 0. The molecule has 2 atom stereocenters. The molecule has 1 fully saturated rings. The summed E-state index contributed by atoms with van der Waals surface area (Å²) in [5.41, 5.74) is 0. The van der Waals surface area contributed by atoms with Crippen LogP contribution >= 0.6 is 0 Å². The second-order valence-corrected chi connectivity index (χ2v) is 3.89. The smallest absolute Gasteiger partial charge is 0.317 e. The van der Waals surface area contributed by atoms with Gasteiger partial charge >= 0.3 is 6.18 Å². The second kappa shape index (κ2) is 4.47. The van der Waals surface area contributed by atoms with Crippen molar-refractivity contribution in [3.63, 3.8) is 0 Å². The van der Waals surface area contributed by atoms with Crippen molar-refractivity contribution >= 4 is 0 Å². The molecule has 0 aliphatic carbocycles. The van der Waals surface area contributed by atoms with E-state index in [0.717, 1.165) is 0 Å². The summed E-state index contributed by atoms with van der Waals surface area (Å²) >= 11 is 0. The van der Waals surface area contributed by atoms with Gasteiger partial charge in [0.15, 0.2) is 6.17 Å². The van der Waals surface area contributed by atoms with Crippen LogP contribution in [0.1, 0.15) is 19.8 Å². The molecular formula is C9H15F4N. The van der Waals surface area contributed by atoms with Crippen molar-refractivity contribution in [3.05, 3.63) is 0 Å². The van der Waals surface area contributed by atoms with Gasteiger partial charge in [-0.25, -0.2) is 4.39 Å². The molecule has 14 heavy (non-hydrogen) atoms. The zero-order chi connectivity index (χ0) is 10.8. The van der Waals surface area contributed by atoms with Crippen LogP contribution in [0.3, 0.4) is 0 Å². The van der Waals surface area contributed by atoms with Crippen LogP contribution in [0.2, 0.25) is 0 Å². The zero-order valence-electron chi connectivity index (χ0n) is 8.07. The van der Waals surface area contributed by atoms with Gasteiger partial charge in [0.25, 0.3) is 0 Å². The van der Waals surface area contributed by atoms with Crippen LogP contribution in [-0.4, -0.2) is 25.4 Å². The molecule has 1 heterocycles. The van der Waals surface area contributed by atoms with Crippen LogP contribution in [0.15, 0.2) is 0 Å². The fourth-order valence-corrected chi connectivity index (χ4v) is 1.91. The van der Waals surface area contributed by atoms with Gasteiger partial charge in [-0.15, -0.1) is 0 Å². The minimum Gasteiger partial charge on any atom is -0.317 e. The van der Waals surface area contributed by atoms with Crippen molar-refractivity contribution in [1.82, 2.24) is 5.32 Å². The molecule has 0 spiro atoms. The number of alkyl halides is 4. The van der Waals surface area contributed by atoms with Gasteiger partial charge in [-0.1, -0.05) is 6.92 Å². The van der Waals surface area contributed by atoms with Crippen molar-refractivity contribution in [2.24, 2.45) is 11.8 Å². The Hall–Kier alpha value is -0.320. The lowest BCUT2D eigenvalue weighted by atomic mass is 9.83. The van der Waals surface area contributed by atoms with Gasteiger partial charge in [0.2, 0.25) is 0 Å². The van der Waals surface area contributed by atoms with Gasteiger partial charge in [0.1, 0.15) is 0 Å². The number of nitrogens with one attached hydrogen (secondary N) is 1. The first-order chi connectivity index (χ1) is 6.43. The Morgan fingerprint density at radius 1 is 1.21 bits per heavy atom. The zero-order valence-corrected chi connectivity index (χ0v) is 8.07. The van der Waals surface area contributed by atoms with Crippen LogP contribution in [0.25, 0.3) is 0 Å². The largest absolute Gasteiger partial charge is 0.419 e. The molecule has 0 saturated carbocycles. The predicted molar refractivity (Wildman–Crippen MR) is 45.7 cm³/mol. The van der Waals surface area contributed by atoms with E-state index in [2.05, 4.69) is 5.32 Å². The number of rotatable bonds is 2. The first-order valence-corrected chi connectivity index (χ1v) is 4.84. The summed E-state index contributed by atoms with van der Waals surface area (Å²) in [6.45, 7) is 2.74. The highest BCUT2D eigenvalue weighted by molar-refractivity contribution is 4.81. The van der Waals surface area contributed by atoms with Crippen molar-refractivity contribution in [1.29, 1.82) is 0 Å². The van der Waals surface area contributed by atoms with E-state index in [0.29, 0.717) is 25.9 Å². The Morgan fingerprint density at radius 2 is 1.71 bits per heavy atom. The summed E-state index contributed by atoms with van der Waals surface area (Å²) in [5, 5.41) is 3.04. The maximum absolute atomic E-state index is 12.9. The van der Waals surface area contributed by atoms with Crippen LogP contribution in [0, 0.1) is 11.8 Å². The van der Waals surface area contributed by atoms with E-state index in [9.17, 15) is 17.6 Å². The van der Waals surface area contributed by atoms with Gasteiger partial charge < -0.3 is 5.32 Å². The van der Waals surface area contributed by atoms with Crippen molar-refractivity contribution < 1.29 is 17.6 Å². The third-order valence-corrected chi connectivity index (χ3v) is 2.90. The summed E-state index contributed by atoms with van der Waals surface area (Å²) < 4.78 is 49.1. The Labute approximate surface area is 80.9 Å². The third kappa shape index (κ3) is 2.83. The van der Waals surface area contributed by atoms with Crippen LogP contribution < -0.4 is 5.32 Å². The van der Waals surface area contributed by atoms with Crippen molar-refractivity contribution in [2.45, 2.75) is 32.1 Å². The number of halogens is 4. The molecule has 1 nitrogen and oxygen atoms in total. The molecule has 0 radical (unpaired) electrons. The highest BCUT2D eigenvalue weighted by Crippen LogP contribution is 2.35. The summed E-state index contributed by atoms with van der Waals surface area (Å²) in [6, 6.07) is 0. The summed E-state index contributed by atoms with van der Waals surface area (Å²) in [5.74, 6) is -1.06. The molecule has 1 rings (SSSR count). The first-order valence-electron chi connectivity index (χ1n) is 4.84. The molecular weight excluding hydrogens is 198 g/mol. The fraction of sp³-hybridized carbons (Fsp3) is 1.00. The molecule has 5 heteroatoms. The van der Waals surface area contributed by atoms with E-state index in [1.807, 2.05) is 0 Å². The van der Waals surface area contributed by atoms with Crippen LogP contribution in [0.5, 0.6) is 0 Å². The van der Waals surface area contributed by atoms with E-state index in [4.69, 9.17) is 0 Å². The highest BCUT2D eigenvalue weighted by atomic mass is 19.4. The lowest BCUT2D eigenvalue weighted by Crippen LogP contribution is -2.39. The lowest BCUT2D eigenvalue weighted by molar-refractivity contribution is -0.198. The molecule has 0 aromatic rings. The molecule has 84 valence electrons. The molecule has 1 N–H and O–H groups in total. The SMILES string of the molecule is CC(C1CCNCC1)C(F)C(F)(F)F. The maximum Gasteiger partial charge on any atom is 0.419 e. The lowest BCUT2D eigenvalue weighted by Gasteiger charge is -2.30. The summed E-state index contributed by atoms with van der Waals surface area (Å²) in [6.07, 6.45) is -6.11. The third-order valence-electron chi connectivity index (χ3n) is 2.90. The molecule has 1 aliphatic rings. The average Bonchev–Trinajstić information content (AvgIpc) is 2.15. The van der Waals surface area contributed by atoms with Gasteiger partial charge in [-0.2, -0.15) is 13.2 Å². The molecule has 0 aromatic carbocycles. The second-order valence-electron chi connectivity index (χ2n) is 3.89. The van der Waals surface area contributed by atoms with Crippen LogP contribution in [-0.2, 0) is 0 Å².